The van der Waals surface area contributed by atoms with Crippen LogP contribution in [-0.4, -0.2) is 89.2 Å². The summed E-state index contributed by atoms with van der Waals surface area (Å²) in [4.78, 5) is 52.0. The van der Waals surface area contributed by atoms with Gasteiger partial charge in [-0.3, -0.25) is 19.8 Å². The molecule has 1 saturated heterocycles. The molecule has 0 bridgehead atoms. The Labute approximate surface area is 428 Å². The van der Waals surface area contributed by atoms with E-state index < -0.39 is 40.7 Å². The number of rotatable bonds is 16. The zero-order chi connectivity index (χ0) is 49.5. The highest BCUT2D eigenvalue weighted by Crippen LogP contribution is 2.44. The van der Waals surface area contributed by atoms with E-state index >= 15 is 0 Å². The Hall–Kier alpha value is -7.12. The SMILES string of the molecule is CON=C(C(=O)N[C@@H]1C(=O)N2C(C(=S)OC(c3ccccc3)c3ccccc3)=C(CSc3cn(C(c4ccccc4)(c4ccccc4)c4ccccc4)nn3)CS[C@H]12)c1csc(NC(=O)OC(C)(C)C)n1. The molecule has 0 spiro atoms. The number of aromatic nitrogens is 4. The topological polar surface area (TPSA) is 162 Å². The van der Waals surface area contributed by atoms with Crippen LogP contribution in [0.1, 0.15) is 60.4 Å². The average molecular weight is 1020 g/mol. The summed E-state index contributed by atoms with van der Waals surface area (Å²) >= 11 is 10.3. The molecule has 360 valence electrons. The van der Waals surface area contributed by atoms with E-state index in [0.29, 0.717) is 22.2 Å². The summed E-state index contributed by atoms with van der Waals surface area (Å²) in [6.07, 6.45) is 0.673. The quantitative estimate of drug-likeness (QED) is 0.0236. The molecule has 5 aromatic carbocycles. The van der Waals surface area contributed by atoms with E-state index in [9.17, 15) is 14.4 Å². The summed E-state index contributed by atoms with van der Waals surface area (Å²) in [6, 6.07) is 49.4. The molecule has 2 atom stereocenters. The zero-order valence-corrected chi connectivity index (χ0v) is 42.3. The molecule has 71 heavy (non-hydrogen) atoms. The second-order valence-electron chi connectivity index (χ2n) is 17.3. The van der Waals surface area contributed by atoms with E-state index in [1.54, 1.807) is 31.1 Å². The first-order valence-corrected chi connectivity index (χ1v) is 25.8. The van der Waals surface area contributed by atoms with E-state index in [2.05, 4.69) is 57.2 Å². The summed E-state index contributed by atoms with van der Waals surface area (Å²) in [6.45, 7) is 5.24. The maximum Gasteiger partial charge on any atom is 0.413 e. The van der Waals surface area contributed by atoms with Gasteiger partial charge in [0, 0.05) is 16.9 Å². The Kier molecular flexibility index (Phi) is 14.8. The number of anilines is 1. The minimum Gasteiger partial charge on any atom is -0.469 e. The molecular formula is C53H48N8O6S4. The van der Waals surface area contributed by atoms with Crippen molar-refractivity contribution >= 4 is 80.9 Å². The first-order valence-electron chi connectivity index (χ1n) is 22.5. The van der Waals surface area contributed by atoms with Crippen molar-refractivity contribution in [1.82, 2.24) is 30.2 Å². The smallest absolute Gasteiger partial charge is 0.413 e. The van der Waals surface area contributed by atoms with Crippen molar-refractivity contribution in [3.8, 4) is 0 Å². The summed E-state index contributed by atoms with van der Waals surface area (Å²) in [5.74, 6) is -0.238. The van der Waals surface area contributed by atoms with Gasteiger partial charge in [-0.15, -0.1) is 28.2 Å². The number of nitrogens with zero attached hydrogens (tertiary/aromatic N) is 6. The number of thiocarbonyl (C=S) groups is 1. The third-order valence-electron chi connectivity index (χ3n) is 11.5. The van der Waals surface area contributed by atoms with Gasteiger partial charge in [-0.1, -0.05) is 174 Å². The van der Waals surface area contributed by atoms with Crippen molar-refractivity contribution < 1.29 is 28.7 Å². The van der Waals surface area contributed by atoms with Crippen molar-refractivity contribution in [2.24, 2.45) is 5.16 Å². The minimum atomic E-state index is -0.958. The van der Waals surface area contributed by atoms with Gasteiger partial charge < -0.3 is 19.6 Å². The number of benzene rings is 5. The van der Waals surface area contributed by atoms with E-state index in [1.165, 1.54) is 30.6 Å². The summed E-state index contributed by atoms with van der Waals surface area (Å²) in [7, 11) is 1.30. The van der Waals surface area contributed by atoms with Crippen LogP contribution in [0.25, 0.3) is 0 Å². The summed E-state index contributed by atoms with van der Waals surface area (Å²) < 4.78 is 14.1. The first kappa shape index (κ1) is 48.9. The Morgan fingerprint density at radius 2 is 1.39 bits per heavy atom. The largest absolute Gasteiger partial charge is 0.469 e. The van der Waals surface area contributed by atoms with E-state index in [4.69, 9.17) is 36.8 Å². The highest BCUT2D eigenvalue weighted by molar-refractivity contribution is 8.01. The number of amides is 3. The lowest BCUT2D eigenvalue weighted by molar-refractivity contribution is -0.144. The molecule has 0 radical (unpaired) electrons. The predicted octanol–water partition coefficient (Wildman–Crippen LogP) is 9.85. The van der Waals surface area contributed by atoms with Crippen molar-refractivity contribution in [1.29, 1.82) is 0 Å². The number of β-lactam (4-membered cyclic amide) rings is 1. The standard InChI is InChI=1S/C53H48N8O6S4/c1-52(2,3)67-51(64)56-50-54-40(33-71-50)42(58-65-4)46(62)55-43-47(63)61-44(49(68)66-45(34-20-10-5-11-21-34)35-22-12-6-13-23-35)36(32-70-48(43)61)31-69-41-30-60(59-57-41)53(37-24-14-7-15-25-37,38-26-16-8-17-27-38)39-28-18-9-19-29-39/h5-30,33,43,45,48H,31-32H2,1-4H3,(H,55,62)(H,54,56,64)/t43-,48-/m1/s1. The Bertz CT molecular complexity index is 2940. The number of ether oxygens (including phenoxy) is 2. The molecule has 4 heterocycles. The van der Waals surface area contributed by atoms with Gasteiger partial charge in [0.15, 0.2) is 10.8 Å². The van der Waals surface area contributed by atoms with Crippen molar-refractivity contribution in [2.45, 2.75) is 54.5 Å². The maximum absolute atomic E-state index is 14.5. The van der Waals surface area contributed by atoms with Crippen LogP contribution in [0.2, 0.25) is 0 Å². The van der Waals surface area contributed by atoms with Crippen LogP contribution in [-0.2, 0) is 29.4 Å². The normalized spacial score (nSPS) is 15.9. The molecule has 14 nitrogen and oxygen atoms in total. The fourth-order valence-electron chi connectivity index (χ4n) is 8.44. The van der Waals surface area contributed by atoms with E-state index in [0.717, 1.165) is 44.7 Å². The molecule has 9 rings (SSSR count). The second kappa shape index (κ2) is 21.5. The Morgan fingerprint density at radius 3 is 1.93 bits per heavy atom. The van der Waals surface area contributed by atoms with Crippen LogP contribution in [0.3, 0.4) is 0 Å². The molecule has 0 saturated carbocycles. The summed E-state index contributed by atoms with van der Waals surface area (Å²) in [5, 5.41) is 21.0. The van der Waals surface area contributed by atoms with E-state index in [1.807, 2.05) is 126 Å². The lowest BCUT2D eigenvalue weighted by atomic mass is 9.77. The molecule has 2 aromatic heterocycles. The van der Waals surface area contributed by atoms with E-state index in [-0.39, 0.29) is 27.5 Å². The molecule has 1 fully saturated rings. The molecule has 0 unspecified atom stereocenters. The maximum atomic E-state index is 14.5. The van der Waals surface area contributed by atoms with Crippen LogP contribution < -0.4 is 10.6 Å². The molecule has 18 heteroatoms. The predicted molar refractivity (Wildman–Crippen MR) is 281 cm³/mol. The number of carbonyl (C=O) groups excluding carboxylic acids is 3. The number of hydrogen-bond acceptors (Lipinski definition) is 14. The van der Waals surface area contributed by atoms with Crippen molar-refractivity contribution in [2.75, 3.05) is 23.9 Å². The van der Waals surface area contributed by atoms with Gasteiger partial charge in [-0.25, -0.2) is 14.5 Å². The molecule has 2 aliphatic rings. The number of nitrogens with one attached hydrogen (secondary N) is 2. The van der Waals surface area contributed by atoms with Gasteiger partial charge in [0.05, 0.1) is 11.9 Å². The van der Waals surface area contributed by atoms with Crippen LogP contribution in [0.5, 0.6) is 0 Å². The monoisotopic (exact) mass is 1020 g/mol. The number of fused-ring (bicyclic) bond motifs is 1. The number of hydrogen-bond donors (Lipinski definition) is 2. The molecular weight excluding hydrogens is 973 g/mol. The minimum absolute atomic E-state index is 0.133. The van der Waals surface area contributed by atoms with Gasteiger partial charge in [0.1, 0.15) is 46.5 Å². The zero-order valence-electron chi connectivity index (χ0n) is 39.0. The lowest BCUT2D eigenvalue weighted by Crippen LogP contribution is -2.71. The summed E-state index contributed by atoms with van der Waals surface area (Å²) in [5.41, 5.74) is 4.47. The molecule has 0 aliphatic carbocycles. The first-order chi connectivity index (χ1) is 34.4. The van der Waals surface area contributed by atoms with Gasteiger partial charge in [0.2, 0.25) is 5.05 Å². The van der Waals surface area contributed by atoms with Gasteiger partial charge in [0.25, 0.3) is 11.8 Å². The second-order valence-corrected chi connectivity index (χ2v) is 20.6. The van der Waals surface area contributed by atoms with Crippen molar-refractivity contribution in [3.63, 3.8) is 0 Å². The molecule has 7 aromatic rings. The highest BCUT2D eigenvalue weighted by Gasteiger charge is 2.54. The molecule has 2 N–H and O–H groups in total. The number of carbonyl (C=O) groups is 3. The van der Waals surface area contributed by atoms with Crippen LogP contribution in [0.15, 0.2) is 185 Å². The van der Waals surface area contributed by atoms with Crippen LogP contribution in [0, 0.1) is 0 Å². The third kappa shape index (κ3) is 10.5. The van der Waals surface area contributed by atoms with Crippen LogP contribution in [0.4, 0.5) is 9.93 Å². The third-order valence-corrected chi connectivity index (χ3v) is 14.9. The fraction of sp³-hybridized carbons (Fsp3) is 0.208. The number of thioether (sulfide) groups is 2. The van der Waals surface area contributed by atoms with Gasteiger partial charge in [-0.05, 0) is 66.4 Å². The Morgan fingerprint density at radius 1 is 0.845 bits per heavy atom. The van der Waals surface area contributed by atoms with Gasteiger partial charge >= 0.3 is 6.09 Å². The van der Waals surface area contributed by atoms with Gasteiger partial charge in [-0.2, -0.15) is 0 Å². The van der Waals surface area contributed by atoms with Crippen molar-refractivity contribution in [3.05, 3.63) is 208 Å². The fourth-order valence-corrected chi connectivity index (χ4v) is 11.8. The average Bonchev–Trinajstić information content (AvgIpc) is 4.06. The van der Waals surface area contributed by atoms with Crippen LogP contribution >= 0.6 is 47.1 Å². The number of thiazole rings is 1. The molecule has 3 amide bonds. The Balaban J connectivity index is 1.02. The molecule has 2 aliphatic heterocycles. The lowest BCUT2D eigenvalue weighted by Gasteiger charge is -2.50. The highest BCUT2D eigenvalue weighted by atomic mass is 32.2. The number of oxime groups is 1.